The molecule has 1 amide bonds. The first-order valence-corrected chi connectivity index (χ1v) is 7.33. The molecule has 2 aromatic carbocycles. The molecule has 0 N–H and O–H groups in total. The van der Waals surface area contributed by atoms with Crippen LogP contribution < -0.4 is 4.90 Å². The summed E-state index contributed by atoms with van der Waals surface area (Å²) in [5, 5.41) is 0.350. The Balaban J connectivity index is 2.36. The van der Waals surface area contributed by atoms with Gasteiger partial charge < -0.3 is 4.90 Å². The second-order valence-electron chi connectivity index (χ2n) is 4.77. The summed E-state index contributed by atoms with van der Waals surface area (Å²) in [6.07, 6.45) is 1.80. The van der Waals surface area contributed by atoms with Crippen LogP contribution in [0.1, 0.15) is 30.1 Å². The molecule has 0 aliphatic rings. The third-order valence-corrected chi connectivity index (χ3v) is 3.44. The van der Waals surface area contributed by atoms with E-state index in [0.29, 0.717) is 11.6 Å². The Morgan fingerprint density at radius 2 is 1.90 bits per heavy atom. The maximum absolute atomic E-state index is 13.9. The van der Waals surface area contributed by atoms with Crippen molar-refractivity contribution < 1.29 is 9.18 Å². The zero-order chi connectivity index (χ0) is 15.2. The quantitative estimate of drug-likeness (QED) is 0.767. The Morgan fingerprint density at radius 1 is 1.19 bits per heavy atom. The molecular weight excluding hydrogens is 289 g/mol. The molecule has 21 heavy (non-hydrogen) atoms. The zero-order valence-corrected chi connectivity index (χ0v) is 12.6. The van der Waals surface area contributed by atoms with Crippen LogP contribution >= 0.6 is 11.6 Å². The minimum Gasteiger partial charge on any atom is -0.308 e. The van der Waals surface area contributed by atoms with Crippen molar-refractivity contribution in [3.8, 4) is 0 Å². The van der Waals surface area contributed by atoms with Gasteiger partial charge >= 0.3 is 0 Å². The standard InChI is InChI=1S/C17H17ClFNO/c1-2-3-11-20(14-7-5-4-6-8-14)17(21)15-12-13(18)9-10-16(15)19/h4-10,12H,2-3,11H2,1H3. The Kier molecular flexibility index (Phi) is 5.34. The molecule has 0 aliphatic heterocycles. The molecule has 0 heterocycles. The van der Waals surface area contributed by atoms with E-state index in [1.54, 1.807) is 4.90 Å². The maximum atomic E-state index is 13.9. The predicted octanol–water partition coefficient (Wildman–Crippen LogP) is 4.93. The van der Waals surface area contributed by atoms with Crippen molar-refractivity contribution in [1.82, 2.24) is 0 Å². The fourth-order valence-electron chi connectivity index (χ4n) is 2.08. The molecular formula is C17H17ClFNO. The minimum atomic E-state index is -0.554. The van der Waals surface area contributed by atoms with Gasteiger partial charge in [-0.15, -0.1) is 0 Å². The molecule has 0 unspecified atom stereocenters. The van der Waals surface area contributed by atoms with E-state index in [2.05, 4.69) is 0 Å². The summed E-state index contributed by atoms with van der Waals surface area (Å²) in [5.74, 6) is -0.920. The smallest absolute Gasteiger partial charge is 0.261 e. The van der Waals surface area contributed by atoms with Gasteiger partial charge in [0.25, 0.3) is 5.91 Å². The summed E-state index contributed by atoms with van der Waals surface area (Å²) in [5.41, 5.74) is 0.762. The molecule has 110 valence electrons. The van der Waals surface area contributed by atoms with Gasteiger partial charge in [-0.2, -0.15) is 0 Å². The number of hydrogen-bond acceptors (Lipinski definition) is 1. The molecule has 2 rings (SSSR count). The van der Waals surface area contributed by atoms with Crippen LogP contribution in [-0.4, -0.2) is 12.5 Å². The number of amides is 1. The van der Waals surface area contributed by atoms with Gasteiger partial charge in [0, 0.05) is 17.3 Å². The van der Waals surface area contributed by atoms with E-state index < -0.39 is 5.82 Å². The number of carbonyl (C=O) groups is 1. The van der Waals surface area contributed by atoms with Gasteiger partial charge in [0.1, 0.15) is 5.82 Å². The molecule has 0 atom stereocenters. The summed E-state index contributed by atoms with van der Waals surface area (Å²) in [6, 6.07) is 13.3. The third-order valence-electron chi connectivity index (χ3n) is 3.21. The van der Waals surface area contributed by atoms with Gasteiger partial charge in [0.15, 0.2) is 0 Å². The van der Waals surface area contributed by atoms with Crippen molar-refractivity contribution in [2.75, 3.05) is 11.4 Å². The van der Waals surface area contributed by atoms with E-state index in [-0.39, 0.29) is 11.5 Å². The first-order chi connectivity index (χ1) is 10.1. The molecule has 4 heteroatoms. The van der Waals surface area contributed by atoms with Crippen molar-refractivity contribution in [3.05, 3.63) is 64.9 Å². The van der Waals surface area contributed by atoms with Gasteiger partial charge in [-0.3, -0.25) is 4.79 Å². The molecule has 2 nitrogen and oxygen atoms in total. The van der Waals surface area contributed by atoms with Crippen LogP contribution in [0.15, 0.2) is 48.5 Å². The lowest BCUT2D eigenvalue weighted by Gasteiger charge is -2.23. The number of halogens is 2. The summed E-state index contributed by atoms with van der Waals surface area (Å²) >= 11 is 5.88. The summed E-state index contributed by atoms with van der Waals surface area (Å²) in [7, 11) is 0. The van der Waals surface area contributed by atoms with Gasteiger partial charge in [0.2, 0.25) is 0 Å². The minimum absolute atomic E-state index is 0.00227. The highest BCUT2D eigenvalue weighted by Crippen LogP contribution is 2.21. The number of para-hydroxylation sites is 1. The van der Waals surface area contributed by atoms with E-state index in [1.807, 2.05) is 37.3 Å². The molecule has 2 aromatic rings. The number of anilines is 1. The monoisotopic (exact) mass is 305 g/mol. The van der Waals surface area contributed by atoms with E-state index in [0.717, 1.165) is 18.5 Å². The predicted molar refractivity (Wildman–Crippen MR) is 84.4 cm³/mol. The third kappa shape index (κ3) is 3.82. The first-order valence-electron chi connectivity index (χ1n) is 6.95. The van der Waals surface area contributed by atoms with Crippen molar-refractivity contribution in [2.24, 2.45) is 0 Å². The Labute approximate surface area is 129 Å². The zero-order valence-electron chi connectivity index (χ0n) is 11.9. The highest BCUT2D eigenvalue weighted by atomic mass is 35.5. The van der Waals surface area contributed by atoms with E-state index >= 15 is 0 Å². The lowest BCUT2D eigenvalue weighted by molar-refractivity contribution is 0.0982. The summed E-state index contributed by atoms with van der Waals surface area (Å²) in [6.45, 7) is 2.60. The summed E-state index contributed by atoms with van der Waals surface area (Å²) < 4.78 is 13.9. The molecule has 0 saturated heterocycles. The van der Waals surface area contributed by atoms with E-state index in [1.165, 1.54) is 18.2 Å². The van der Waals surface area contributed by atoms with Crippen molar-refractivity contribution in [2.45, 2.75) is 19.8 Å². The maximum Gasteiger partial charge on any atom is 0.261 e. The van der Waals surface area contributed by atoms with E-state index in [9.17, 15) is 9.18 Å². The van der Waals surface area contributed by atoms with Crippen LogP contribution in [0.5, 0.6) is 0 Å². The topological polar surface area (TPSA) is 20.3 Å². The van der Waals surface area contributed by atoms with Crippen LogP contribution in [0.3, 0.4) is 0 Å². The van der Waals surface area contributed by atoms with Crippen molar-refractivity contribution in [1.29, 1.82) is 0 Å². The number of benzene rings is 2. The van der Waals surface area contributed by atoms with Crippen LogP contribution in [0.4, 0.5) is 10.1 Å². The van der Waals surface area contributed by atoms with Crippen LogP contribution in [0.2, 0.25) is 5.02 Å². The molecule has 0 fully saturated rings. The second-order valence-corrected chi connectivity index (χ2v) is 5.21. The molecule has 0 bridgehead atoms. The number of hydrogen-bond donors (Lipinski definition) is 0. The number of nitrogens with zero attached hydrogens (tertiary/aromatic N) is 1. The van der Waals surface area contributed by atoms with Crippen LogP contribution in [0, 0.1) is 5.82 Å². The van der Waals surface area contributed by atoms with Crippen LogP contribution in [0.25, 0.3) is 0 Å². The first kappa shape index (κ1) is 15.5. The second kappa shape index (κ2) is 7.23. The van der Waals surface area contributed by atoms with Gasteiger partial charge in [0.05, 0.1) is 5.56 Å². The average Bonchev–Trinajstić information content (AvgIpc) is 2.51. The Bertz CT molecular complexity index is 615. The highest BCUT2D eigenvalue weighted by molar-refractivity contribution is 6.31. The Morgan fingerprint density at radius 3 is 2.57 bits per heavy atom. The molecule has 0 radical (unpaired) electrons. The number of unbranched alkanes of at least 4 members (excludes halogenated alkanes) is 1. The Hall–Kier alpha value is -1.87. The van der Waals surface area contributed by atoms with Gasteiger partial charge in [-0.05, 0) is 36.8 Å². The van der Waals surface area contributed by atoms with Crippen LogP contribution in [-0.2, 0) is 0 Å². The van der Waals surface area contributed by atoms with Gasteiger partial charge in [-0.25, -0.2) is 4.39 Å². The lowest BCUT2D eigenvalue weighted by Crippen LogP contribution is -2.32. The molecule has 0 aromatic heterocycles. The fraction of sp³-hybridized carbons (Fsp3) is 0.235. The fourth-order valence-corrected chi connectivity index (χ4v) is 2.25. The van der Waals surface area contributed by atoms with E-state index in [4.69, 9.17) is 11.6 Å². The number of carbonyl (C=O) groups excluding carboxylic acids is 1. The van der Waals surface area contributed by atoms with Crippen molar-refractivity contribution >= 4 is 23.2 Å². The largest absolute Gasteiger partial charge is 0.308 e. The average molecular weight is 306 g/mol. The summed E-state index contributed by atoms with van der Waals surface area (Å²) in [4.78, 5) is 14.2. The highest BCUT2D eigenvalue weighted by Gasteiger charge is 2.20. The molecule has 0 aliphatic carbocycles. The van der Waals surface area contributed by atoms with Crippen molar-refractivity contribution in [3.63, 3.8) is 0 Å². The molecule has 0 spiro atoms. The normalized spacial score (nSPS) is 10.4. The lowest BCUT2D eigenvalue weighted by atomic mass is 10.1. The molecule has 0 saturated carbocycles. The van der Waals surface area contributed by atoms with Gasteiger partial charge in [-0.1, -0.05) is 43.1 Å². The number of rotatable bonds is 5. The SMILES string of the molecule is CCCCN(C(=O)c1cc(Cl)ccc1F)c1ccccc1.